The van der Waals surface area contributed by atoms with Crippen molar-refractivity contribution in [1.82, 2.24) is 10.6 Å². The van der Waals surface area contributed by atoms with Crippen molar-refractivity contribution < 1.29 is 10.0 Å². The Kier molecular flexibility index (Phi) is 13.2. The highest BCUT2D eigenvalue weighted by atomic mass is 16.8. The quantitative estimate of drug-likeness (QED) is 0.192. The average molecular weight is 455 g/mol. The van der Waals surface area contributed by atoms with E-state index in [9.17, 15) is 10.0 Å². The Labute approximate surface area is 198 Å². The number of hydrogen-bond donors (Lipinski definition) is 3. The van der Waals surface area contributed by atoms with Gasteiger partial charge < -0.3 is 21.1 Å². The van der Waals surface area contributed by atoms with Crippen molar-refractivity contribution in [2.75, 3.05) is 11.8 Å². The standard InChI is InChI=1S/C27H40N3O3/c1-2-3-4-5-6-7-8-9-10-11-19-29-27(31)25-14-12-13-24(20-25)22-28-21-23-15-17-26(18-16-23)30(32)33/h12-18,20,28,32H,2-11,19,21-22H2,1H3,(H,29,31)/q-1. The minimum absolute atomic E-state index is 0.0190. The van der Waals surface area contributed by atoms with Crippen LogP contribution in [0.2, 0.25) is 0 Å². The lowest BCUT2D eigenvalue weighted by Gasteiger charge is -2.21. The molecule has 6 heteroatoms. The predicted molar refractivity (Wildman–Crippen MR) is 135 cm³/mol. The molecule has 0 bridgehead atoms. The fraction of sp³-hybridized carbons (Fsp3) is 0.519. The molecule has 1 amide bonds. The lowest BCUT2D eigenvalue weighted by atomic mass is 10.1. The Morgan fingerprint density at radius 1 is 0.848 bits per heavy atom. The molecule has 2 rings (SSSR count). The molecule has 33 heavy (non-hydrogen) atoms. The molecule has 0 atom stereocenters. The summed E-state index contributed by atoms with van der Waals surface area (Å²) in [5.41, 5.74) is 2.93. The SMILES string of the molecule is CCCCCCCCCCCCNC(=O)c1cccc(CNCc2ccc(N([O-])O)cc2)c1. The summed E-state index contributed by atoms with van der Waals surface area (Å²) < 4.78 is 0. The van der Waals surface area contributed by atoms with Gasteiger partial charge in [-0.15, -0.1) is 0 Å². The minimum atomic E-state index is -0.149. The van der Waals surface area contributed by atoms with Gasteiger partial charge in [0.05, 0.1) is 5.69 Å². The first-order chi connectivity index (χ1) is 16.1. The van der Waals surface area contributed by atoms with Crippen molar-refractivity contribution in [3.63, 3.8) is 0 Å². The molecule has 0 aliphatic rings. The Balaban J connectivity index is 1.59. The molecule has 2 aromatic rings. The molecule has 0 unspecified atom stereocenters. The summed E-state index contributed by atoms with van der Waals surface area (Å²) in [5, 5.41) is 25.9. The lowest BCUT2D eigenvalue weighted by Crippen LogP contribution is -2.24. The molecular weight excluding hydrogens is 414 g/mol. The number of anilines is 1. The Hall–Kier alpha value is -2.41. The van der Waals surface area contributed by atoms with Gasteiger partial charge in [0.1, 0.15) is 0 Å². The summed E-state index contributed by atoms with van der Waals surface area (Å²) in [6, 6.07) is 14.4. The van der Waals surface area contributed by atoms with Crippen LogP contribution in [0, 0.1) is 5.21 Å². The number of nitrogens with zero attached hydrogens (tertiary/aromatic N) is 1. The zero-order valence-corrected chi connectivity index (χ0v) is 20.0. The number of hydrogen-bond acceptors (Lipinski definition) is 5. The first-order valence-electron chi connectivity index (χ1n) is 12.4. The number of carbonyl (C=O) groups excluding carboxylic acids is 1. The number of benzene rings is 2. The number of nitrogens with one attached hydrogen (secondary N) is 2. The lowest BCUT2D eigenvalue weighted by molar-refractivity contribution is 0.0953. The zero-order valence-electron chi connectivity index (χ0n) is 20.0. The highest BCUT2D eigenvalue weighted by Crippen LogP contribution is 2.13. The van der Waals surface area contributed by atoms with Gasteiger partial charge in [0, 0.05) is 25.2 Å². The molecule has 3 N–H and O–H groups in total. The van der Waals surface area contributed by atoms with Crippen LogP contribution in [0.15, 0.2) is 48.5 Å². The van der Waals surface area contributed by atoms with Crippen molar-refractivity contribution in [3.8, 4) is 0 Å². The highest BCUT2D eigenvalue weighted by molar-refractivity contribution is 5.94. The molecule has 0 saturated carbocycles. The third-order valence-corrected chi connectivity index (χ3v) is 5.82. The van der Waals surface area contributed by atoms with Crippen LogP contribution in [0.25, 0.3) is 0 Å². The molecule has 0 aliphatic heterocycles. The Bertz CT molecular complexity index is 793. The molecule has 2 aromatic carbocycles. The summed E-state index contributed by atoms with van der Waals surface area (Å²) in [4.78, 5) is 12.5. The van der Waals surface area contributed by atoms with Gasteiger partial charge in [0.15, 0.2) is 0 Å². The van der Waals surface area contributed by atoms with E-state index in [-0.39, 0.29) is 16.8 Å². The van der Waals surface area contributed by atoms with Crippen molar-refractivity contribution in [2.24, 2.45) is 0 Å². The van der Waals surface area contributed by atoms with Crippen molar-refractivity contribution in [3.05, 3.63) is 70.4 Å². The number of carbonyl (C=O) groups is 1. The molecule has 0 radical (unpaired) electrons. The van der Waals surface area contributed by atoms with Crippen LogP contribution in [0.3, 0.4) is 0 Å². The summed E-state index contributed by atoms with van der Waals surface area (Å²) >= 11 is 0. The number of rotatable bonds is 17. The van der Waals surface area contributed by atoms with Crippen LogP contribution < -0.4 is 15.9 Å². The van der Waals surface area contributed by atoms with Gasteiger partial charge in [-0.05, 0) is 41.8 Å². The second kappa shape index (κ2) is 16.2. The molecule has 0 heterocycles. The topological polar surface area (TPSA) is 87.7 Å². The van der Waals surface area contributed by atoms with E-state index in [2.05, 4.69) is 17.6 Å². The molecule has 0 fully saturated rings. The van der Waals surface area contributed by atoms with Crippen LogP contribution in [0.4, 0.5) is 5.69 Å². The van der Waals surface area contributed by atoms with Gasteiger partial charge in [-0.2, -0.15) is 0 Å². The molecule has 6 nitrogen and oxygen atoms in total. The maximum atomic E-state index is 12.5. The summed E-state index contributed by atoms with van der Waals surface area (Å²) in [7, 11) is 0. The van der Waals surface area contributed by atoms with Gasteiger partial charge >= 0.3 is 0 Å². The van der Waals surface area contributed by atoms with E-state index < -0.39 is 0 Å². The maximum absolute atomic E-state index is 12.5. The Morgan fingerprint density at radius 3 is 2.09 bits per heavy atom. The molecule has 0 saturated heterocycles. The van der Waals surface area contributed by atoms with E-state index in [0.717, 1.165) is 24.1 Å². The molecule has 0 aliphatic carbocycles. The summed E-state index contributed by atoms with van der Waals surface area (Å²) in [6.07, 6.45) is 12.9. The van der Waals surface area contributed by atoms with Crippen LogP contribution in [0.5, 0.6) is 0 Å². The van der Waals surface area contributed by atoms with E-state index in [4.69, 9.17) is 5.21 Å². The Morgan fingerprint density at radius 2 is 1.45 bits per heavy atom. The fourth-order valence-corrected chi connectivity index (χ4v) is 3.83. The van der Waals surface area contributed by atoms with Crippen molar-refractivity contribution in [2.45, 2.75) is 84.2 Å². The van der Waals surface area contributed by atoms with E-state index in [0.29, 0.717) is 18.7 Å². The number of unbranched alkanes of at least 4 members (excludes halogenated alkanes) is 9. The minimum Gasteiger partial charge on any atom is -0.733 e. The second-order valence-corrected chi connectivity index (χ2v) is 8.68. The van der Waals surface area contributed by atoms with Gasteiger partial charge in [-0.3, -0.25) is 10.0 Å². The smallest absolute Gasteiger partial charge is 0.251 e. The van der Waals surface area contributed by atoms with E-state index in [1.165, 1.54) is 57.8 Å². The van der Waals surface area contributed by atoms with Gasteiger partial charge in [0.25, 0.3) is 5.91 Å². The van der Waals surface area contributed by atoms with Gasteiger partial charge in [0.2, 0.25) is 0 Å². The summed E-state index contributed by atoms with van der Waals surface area (Å²) in [5.74, 6) is -0.0190. The molecule has 0 spiro atoms. The third-order valence-electron chi connectivity index (χ3n) is 5.82. The monoisotopic (exact) mass is 454 g/mol. The van der Waals surface area contributed by atoms with Crippen molar-refractivity contribution in [1.29, 1.82) is 0 Å². The average Bonchev–Trinajstić information content (AvgIpc) is 2.83. The largest absolute Gasteiger partial charge is 0.733 e. The summed E-state index contributed by atoms with van der Waals surface area (Å²) in [6.45, 7) is 4.23. The van der Waals surface area contributed by atoms with Crippen LogP contribution in [-0.2, 0) is 13.1 Å². The van der Waals surface area contributed by atoms with E-state index in [1.807, 2.05) is 24.3 Å². The normalized spacial score (nSPS) is 10.9. The predicted octanol–water partition coefficient (Wildman–Crippen LogP) is 6.32. The third kappa shape index (κ3) is 11.3. The van der Waals surface area contributed by atoms with Crippen molar-refractivity contribution >= 4 is 11.6 Å². The van der Waals surface area contributed by atoms with E-state index in [1.54, 1.807) is 24.3 Å². The molecular formula is C27H40N3O3-. The van der Waals surface area contributed by atoms with Crippen LogP contribution in [0.1, 0.15) is 92.6 Å². The zero-order chi connectivity index (χ0) is 23.7. The van der Waals surface area contributed by atoms with Crippen LogP contribution in [-0.4, -0.2) is 17.7 Å². The maximum Gasteiger partial charge on any atom is 0.251 e. The first kappa shape index (κ1) is 26.8. The van der Waals surface area contributed by atoms with Gasteiger partial charge in [-0.1, -0.05) is 89.0 Å². The van der Waals surface area contributed by atoms with Crippen LogP contribution >= 0.6 is 0 Å². The van der Waals surface area contributed by atoms with Gasteiger partial charge in [-0.25, -0.2) is 0 Å². The molecule has 182 valence electrons. The van der Waals surface area contributed by atoms with E-state index >= 15 is 0 Å². The molecule has 0 aromatic heterocycles. The second-order valence-electron chi connectivity index (χ2n) is 8.68. The number of amides is 1. The first-order valence-corrected chi connectivity index (χ1v) is 12.4. The fourth-order valence-electron chi connectivity index (χ4n) is 3.83. The highest BCUT2D eigenvalue weighted by Gasteiger charge is 2.06.